The van der Waals surface area contributed by atoms with Gasteiger partial charge in [0.25, 0.3) is 6.08 Å². The molecule has 5 atom stereocenters. The third-order valence-corrected chi connectivity index (χ3v) is 7.06. The lowest BCUT2D eigenvalue weighted by atomic mass is 9.49. The number of aliphatic hydroxyl groups is 1. The van der Waals surface area contributed by atoms with E-state index in [2.05, 4.69) is 6.92 Å². The Bertz CT molecular complexity index is 697. The zero-order valence-electron chi connectivity index (χ0n) is 13.9. The standard InChI is InChI=1S/C20H24F2O2/c1-19-6-7-20(11-18(21)22)15-5-3-13(23)8-12(15)2-4-16(20)17(19)9-14(24)10-19/h3,5,8,11,14,16-17,23-24H,2,4,6-7,9-10H2,1H3/t14-,16+,17+,19-,20+/m1/s1. The smallest absolute Gasteiger partial charge is 0.267 e. The molecule has 3 aliphatic carbocycles. The van der Waals surface area contributed by atoms with Gasteiger partial charge < -0.3 is 10.2 Å². The first-order valence-electron chi connectivity index (χ1n) is 8.88. The number of rotatable bonds is 1. The molecule has 0 spiro atoms. The second-order valence-corrected chi connectivity index (χ2v) is 8.32. The Morgan fingerprint density at radius 1 is 1.25 bits per heavy atom. The number of hydrogen-bond acceptors (Lipinski definition) is 2. The van der Waals surface area contributed by atoms with Crippen LogP contribution >= 0.6 is 0 Å². The van der Waals surface area contributed by atoms with Gasteiger partial charge in [0, 0.05) is 5.41 Å². The van der Waals surface area contributed by atoms with E-state index in [1.807, 2.05) is 6.07 Å². The van der Waals surface area contributed by atoms with Crippen molar-refractivity contribution in [2.24, 2.45) is 17.3 Å². The summed E-state index contributed by atoms with van der Waals surface area (Å²) in [6.45, 7) is 2.22. The first-order valence-corrected chi connectivity index (χ1v) is 8.88. The third kappa shape index (κ3) is 2.22. The number of halogens is 2. The van der Waals surface area contributed by atoms with Gasteiger partial charge in [0.05, 0.1) is 6.10 Å². The fourth-order valence-electron chi connectivity index (χ4n) is 6.12. The first-order chi connectivity index (χ1) is 11.3. The minimum atomic E-state index is -1.62. The number of aryl methyl sites for hydroxylation is 1. The monoisotopic (exact) mass is 334 g/mol. The highest BCUT2D eigenvalue weighted by Gasteiger charge is 2.58. The van der Waals surface area contributed by atoms with Crippen LogP contribution in [0, 0.1) is 17.3 Å². The molecule has 0 heterocycles. The van der Waals surface area contributed by atoms with Crippen LogP contribution in [0.2, 0.25) is 0 Å². The molecule has 2 nitrogen and oxygen atoms in total. The molecule has 1 aromatic carbocycles. The van der Waals surface area contributed by atoms with Crippen molar-refractivity contribution in [1.82, 2.24) is 0 Å². The van der Waals surface area contributed by atoms with Gasteiger partial charge in [-0.1, -0.05) is 13.0 Å². The Kier molecular flexibility index (Phi) is 3.54. The zero-order valence-corrected chi connectivity index (χ0v) is 13.9. The Morgan fingerprint density at radius 3 is 2.79 bits per heavy atom. The van der Waals surface area contributed by atoms with Gasteiger partial charge in [0.2, 0.25) is 0 Å². The van der Waals surface area contributed by atoms with E-state index >= 15 is 0 Å². The number of fused-ring (bicyclic) bond motifs is 5. The van der Waals surface area contributed by atoms with Crippen LogP contribution in [0.15, 0.2) is 30.4 Å². The molecule has 2 saturated carbocycles. The molecule has 1 aromatic rings. The molecule has 130 valence electrons. The molecule has 0 amide bonds. The van der Waals surface area contributed by atoms with Crippen molar-refractivity contribution < 1.29 is 19.0 Å². The number of benzene rings is 1. The van der Waals surface area contributed by atoms with Gasteiger partial charge in [-0.05, 0) is 85.1 Å². The van der Waals surface area contributed by atoms with Crippen molar-refractivity contribution in [3.8, 4) is 5.75 Å². The first kappa shape index (κ1) is 16.1. The average Bonchev–Trinajstić information content (AvgIpc) is 2.80. The molecule has 4 rings (SSSR count). The van der Waals surface area contributed by atoms with Gasteiger partial charge in [0.1, 0.15) is 5.75 Å². The van der Waals surface area contributed by atoms with Crippen molar-refractivity contribution in [2.75, 3.05) is 0 Å². The maximum atomic E-state index is 13.4. The minimum absolute atomic E-state index is 0.0582. The number of allylic oxidation sites excluding steroid dienone is 1. The number of aliphatic hydroxyl groups excluding tert-OH is 1. The van der Waals surface area contributed by atoms with Crippen LogP contribution in [0.1, 0.15) is 50.2 Å². The molecule has 0 radical (unpaired) electrons. The summed E-state index contributed by atoms with van der Waals surface area (Å²) in [5.41, 5.74) is 1.34. The van der Waals surface area contributed by atoms with E-state index in [1.54, 1.807) is 12.1 Å². The van der Waals surface area contributed by atoms with Crippen molar-refractivity contribution in [1.29, 1.82) is 0 Å². The lowest BCUT2D eigenvalue weighted by Crippen LogP contribution is -2.50. The van der Waals surface area contributed by atoms with E-state index in [-0.39, 0.29) is 29.1 Å². The fourth-order valence-corrected chi connectivity index (χ4v) is 6.12. The fraction of sp³-hybridized carbons (Fsp3) is 0.600. The van der Waals surface area contributed by atoms with Crippen LogP contribution in [-0.4, -0.2) is 16.3 Å². The highest BCUT2D eigenvalue weighted by molar-refractivity contribution is 5.46. The second-order valence-electron chi connectivity index (χ2n) is 8.32. The summed E-state index contributed by atoms with van der Waals surface area (Å²) >= 11 is 0. The summed E-state index contributed by atoms with van der Waals surface area (Å²) in [5, 5.41) is 20.0. The lowest BCUT2D eigenvalue weighted by Gasteiger charge is -2.55. The lowest BCUT2D eigenvalue weighted by molar-refractivity contribution is 0.0258. The van der Waals surface area contributed by atoms with Crippen molar-refractivity contribution in [3.63, 3.8) is 0 Å². The number of aromatic hydroxyl groups is 1. The van der Waals surface area contributed by atoms with Gasteiger partial charge in [0.15, 0.2) is 0 Å². The maximum absolute atomic E-state index is 13.4. The largest absolute Gasteiger partial charge is 0.508 e. The molecular formula is C20H24F2O2. The number of hydrogen-bond donors (Lipinski definition) is 2. The highest BCUT2D eigenvalue weighted by Crippen LogP contribution is 2.64. The summed E-state index contributed by atoms with van der Waals surface area (Å²) in [6.07, 6.45) is 3.94. The van der Waals surface area contributed by atoms with E-state index in [9.17, 15) is 19.0 Å². The molecular weight excluding hydrogens is 310 g/mol. The van der Waals surface area contributed by atoms with Crippen molar-refractivity contribution in [3.05, 3.63) is 41.5 Å². The van der Waals surface area contributed by atoms with E-state index in [0.29, 0.717) is 6.42 Å². The van der Waals surface area contributed by atoms with Gasteiger partial charge in [-0.3, -0.25) is 0 Å². The Morgan fingerprint density at radius 2 is 2.04 bits per heavy atom. The second kappa shape index (κ2) is 5.29. The molecule has 0 saturated heterocycles. The predicted octanol–water partition coefficient (Wildman–Crippen LogP) is 4.54. The van der Waals surface area contributed by atoms with E-state index in [1.165, 1.54) is 6.08 Å². The molecule has 0 aliphatic heterocycles. The molecule has 0 bridgehead atoms. The van der Waals surface area contributed by atoms with Crippen molar-refractivity contribution in [2.45, 2.75) is 57.0 Å². The summed E-state index contributed by atoms with van der Waals surface area (Å²) in [7, 11) is 0. The Hall–Kier alpha value is -1.42. The topological polar surface area (TPSA) is 40.5 Å². The van der Waals surface area contributed by atoms with Crippen LogP contribution in [-0.2, 0) is 11.8 Å². The molecule has 3 aliphatic rings. The highest BCUT2D eigenvalue weighted by atomic mass is 19.3. The van der Waals surface area contributed by atoms with Gasteiger partial charge in [-0.25, -0.2) is 0 Å². The van der Waals surface area contributed by atoms with Crippen LogP contribution in [0.5, 0.6) is 5.75 Å². The predicted molar refractivity (Wildman–Crippen MR) is 88.0 cm³/mol. The van der Waals surface area contributed by atoms with E-state index in [0.717, 1.165) is 43.2 Å². The third-order valence-electron chi connectivity index (χ3n) is 7.06. The summed E-state index contributed by atoms with van der Waals surface area (Å²) < 4.78 is 26.9. The molecule has 2 N–H and O–H groups in total. The normalized spacial score (nSPS) is 40.4. The quantitative estimate of drug-likeness (QED) is 0.791. The van der Waals surface area contributed by atoms with Gasteiger partial charge in [-0.2, -0.15) is 8.78 Å². The average molecular weight is 334 g/mol. The number of phenols is 1. The van der Waals surface area contributed by atoms with Crippen LogP contribution in [0.4, 0.5) is 8.78 Å². The van der Waals surface area contributed by atoms with Gasteiger partial charge in [-0.15, -0.1) is 0 Å². The summed E-state index contributed by atoms with van der Waals surface area (Å²) in [6, 6.07) is 5.18. The van der Waals surface area contributed by atoms with Crippen molar-refractivity contribution >= 4 is 0 Å². The Labute approximate surface area is 141 Å². The summed E-state index contributed by atoms with van der Waals surface area (Å²) in [5.74, 6) is 0.606. The van der Waals surface area contributed by atoms with Gasteiger partial charge >= 0.3 is 0 Å². The summed E-state index contributed by atoms with van der Waals surface area (Å²) in [4.78, 5) is 0. The minimum Gasteiger partial charge on any atom is -0.508 e. The van der Waals surface area contributed by atoms with E-state index in [4.69, 9.17) is 0 Å². The molecule has 4 heteroatoms. The molecule has 0 aromatic heterocycles. The Balaban J connectivity index is 1.87. The zero-order chi connectivity index (χ0) is 17.1. The molecule has 2 fully saturated rings. The maximum Gasteiger partial charge on any atom is 0.267 e. The van der Waals surface area contributed by atoms with Crippen LogP contribution < -0.4 is 0 Å². The number of phenolic OH excluding ortho intramolecular Hbond substituents is 1. The van der Waals surface area contributed by atoms with Crippen LogP contribution in [0.3, 0.4) is 0 Å². The SMILES string of the molecule is C[C@]12CC[C@]3(C=C(F)F)c4ccc(O)cc4CC[C@H]3[C@@H]1C[C@@H](O)C2. The van der Waals surface area contributed by atoms with Crippen LogP contribution in [0.25, 0.3) is 0 Å². The van der Waals surface area contributed by atoms with E-state index < -0.39 is 11.5 Å². The molecule has 0 unspecified atom stereocenters. The molecule has 24 heavy (non-hydrogen) atoms.